The lowest BCUT2D eigenvalue weighted by atomic mass is 10.0. The maximum atomic E-state index is 14.7. The fraction of sp³-hybridized carbons (Fsp3) is 0.510. The number of primary amides is 1. The first-order valence-corrected chi connectivity index (χ1v) is 25.0. The Labute approximate surface area is 434 Å². The average Bonchev–Trinajstić information content (AvgIpc) is 3.78. The molecular weight excluding hydrogens is 971 g/mol. The Bertz CT molecular complexity index is 2440. The molecule has 2 aromatic carbocycles. The van der Waals surface area contributed by atoms with E-state index in [1.807, 2.05) is 24.3 Å². The van der Waals surface area contributed by atoms with Crippen molar-refractivity contribution in [2.45, 2.75) is 132 Å². The molecule has 26 heteroatoms. The molecule has 3 aromatic rings. The van der Waals surface area contributed by atoms with Crippen molar-refractivity contribution in [2.24, 2.45) is 44.4 Å². The first-order valence-electron chi connectivity index (χ1n) is 25.0. The van der Waals surface area contributed by atoms with Gasteiger partial charge in [-0.3, -0.25) is 53.7 Å². The number of guanidine groups is 2. The molecule has 1 aromatic heterocycles. The molecule has 2 heterocycles. The summed E-state index contributed by atoms with van der Waals surface area (Å²) < 4.78 is 0. The van der Waals surface area contributed by atoms with Crippen molar-refractivity contribution in [1.82, 2.24) is 47.5 Å². The van der Waals surface area contributed by atoms with Crippen molar-refractivity contribution in [1.29, 1.82) is 0 Å². The molecule has 8 amide bonds. The van der Waals surface area contributed by atoms with E-state index in [2.05, 4.69) is 57.5 Å². The van der Waals surface area contributed by atoms with Gasteiger partial charge in [0.2, 0.25) is 47.3 Å². The second-order valence-electron chi connectivity index (χ2n) is 18.3. The average molecular weight is 1050 g/mol. The lowest BCUT2D eigenvalue weighted by molar-refractivity contribution is -0.135. The van der Waals surface area contributed by atoms with Gasteiger partial charge in [0.25, 0.3) is 0 Å². The number of aliphatic imine (C=N–C) groups is 2. The van der Waals surface area contributed by atoms with Crippen LogP contribution in [0.3, 0.4) is 0 Å². The lowest BCUT2D eigenvalue weighted by Crippen LogP contribution is -2.61. The van der Waals surface area contributed by atoms with E-state index < -0.39 is 95.8 Å². The van der Waals surface area contributed by atoms with E-state index in [0.717, 1.165) is 10.9 Å². The quantitative estimate of drug-likeness (QED) is 0.0311. The van der Waals surface area contributed by atoms with Crippen LogP contribution in [0.1, 0.15) is 82.3 Å². The molecule has 1 saturated heterocycles. The number of aromatic nitrogens is 1. The molecule has 0 radical (unpaired) electrons. The molecule has 0 saturated carbocycles. The number of rotatable bonds is 19. The molecule has 0 bridgehead atoms. The highest BCUT2D eigenvalue weighted by molar-refractivity contribution is 5.96. The number of benzene rings is 2. The van der Waals surface area contributed by atoms with Gasteiger partial charge in [-0.2, -0.15) is 0 Å². The monoisotopic (exact) mass is 1050 g/mol. The molecule has 75 heavy (non-hydrogen) atoms. The van der Waals surface area contributed by atoms with E-state index in [1.165, 1.54) is 6.92 Å². The van der Waals surface area contributed by atoms with Gasteiger partial charge >= 0.3 is 0 Å². The van der Waals surface area contributed by atoms with Crippen LogP contribution in [0.25, 0.3) is 10.9 Å². The molecule has 1 aliphatic heterocycles. The minimum absolute atomic E-state index is 0.00452. The smallest absolute Gasteiger partial charge is 0.243 e. The number of hydrogen-bond donors (Lipinski definition) is 16. The molecule has 22 N–H and O–H groups in total. The molecule has 4 rings (SSSR count). The number of nitrogens with zero attached hydrogens (tertiary/aromatic N) is 2. The Morgan fingerprint density at radius 1 is 0.747 bits per heavy atom. The molecule has 0 aliphatic carbocycles. The van der Waals surface area contributed by atoms with E-state index in [0.29, 0.717) is 11.1 Å². The highest BCUT2D eigenvalue weighted by Gasteiger charge is 2.35. The topological polar surface area (TPSA) is 450 Å². The van der Waals surface area contributed by atoms with Crippen molar-refractivity contribution in [3.63, 3.8) is 0 Å². The summed E-state index contributed by atoms with van der Waals surface area (Å²) in [6.45, 7) is 1.56. The van der Waals surface area contributed by atoms with Crippen LogP contribution in [0.5, 0.6) is 0 Å². The third-order valence-corrected chi connectivity index (χ3v) is 12.3. The van der Waals surface area contributed by atoms with E-state index >= 15 is 0 Å². The maximum Gasteiger partial charge on any atom is 0.243 e. The number of carbonyl (C=O) groups is 8. The zero-order chi connectivity index (χ0) is 54.9. The van der Waals surface area contributed by atoms with Gasteiger partial charge in [0, 0.05) is 56.5 Å². The molecule has 1 fully saturated rings. The van der Waals surface area contributed by atoms with E-state index in [-0.39, 0.29) is 115 Å². The lowest BCUT2D eigenvalue weighted by Gasteiger charge is -2.31. The van der Waals surface area contributed by atoms with Gasteiger partial charge in [-0.05, 0) is 87.9 Å². The number of aliphatic hydroxyl groups is 1. The Morgan fingerprint density at radius 2 is 1.40 bits per heavy atom. The van der Waals surface area contributed by atoms with Crippen molar-refractivity contribution < 1.29 is 43.5 Å². The molecule has 26 nitrogen and oxygen atoms in total. The van der Waals surface area contributed by atoms with Crippen molar-refractivity contribution in [2.75, 3.05) is 26.2 Å². The highest BCUT2D eigenvalue weighted by Crippen LogP contribution is 2.20. The summed E-state index contributed by atoms with van der Waals surface area (Å²) in [5.74, 6) is -6.22. The van der Waals surface area contributed by atoms with Crippen LogP contribution in [-0.4, -0.2) is 144 Å². The molecule has 410 valence electrons. The number of fused-ring (bicyclic) bond motifs is 1. The second-order valence-corrected chi connectivity index (χ2v) is 18.3. The van der Waals surface area contributed by atoms with Crippen LogP contribution in [0.4, 0.5) is 0 Å². The van der Waals surface area contributed by atoms with Gasteiger partial charge in [-0.25, -0.2) is 0 Å². The summed E-state index contributed by atoms with van der Waals surface area (Å²) in [4.78, 5) is 121. The zero-order valence-electron chi connectivity index (χ0n) is 42.3. The van der Waals surface area contributed by atoms with Gasteiger partial charge in [0.1, 0.15) is 36.4 Å². The summed E-state index contributed by atoms with van der Waals surface area (Å²) in [6, 6.07) is 7.20. The fourth-order valence-electron chi connectivity index (χ4n) is 8.39. The Balaban J connectivity index is 1.77. The summed E-state index contributed by atoms with van der Waals surface area (Å²) in [7, 11) is 0. The molecular formula is C49H75N17O9. The number of carbonyl (C=O) groups excluding carboxylic acids is 8. The van der Waals surface area contributed by atoms with E-state index in [1.54, 1.807) is 36.5 Å². The molecule has 1 aliphatic rings. The minimum Gasteiger partial charge on any atom is -0.376 e. The van der Waals surface area contributed by atoms with E-state index in [4.69, 9.17) is 34.4 Å². The van der Waals surface area contributed by atoms with E-state index in [9.17, 15) is 43.5 Å². The number of aromatic amines is 1. The highest BCUT2D eigenvalue weighted by atomic mass is 16.3. The number of aliphatic hydroxyl groups excluding tert-OH is 1. The number of nitrogens with two attached hydrogens (primary N) is 6. The molecule has 8 atom stereocenters. The van der Waals surface area contributed by atoms with Gasteiger partial charge < -0.3 is 81.7 Å². The van der Waals surface area contributed by atoms with Crippen LogP contribution in [0, 0.1) is 0 Å². The number of amides is 8. The van der Waals surface area contributed by atoms with Crippen LogP contribution in [0.15, 0.2) is 70.8 Å². The van der Waals surface area contributed by atoms with Crippen molar-refractivity contribution in [3.8, 4) is 0 Å². The largest absolute Gasteiger partial charge is 0.376 e. The number of nitrogens with one attached hydrogen (secondary N) is 9. The zero-order valence-corrected chi connectivity index (χ0v) is 42.3. The normalized spacial score (nSPS) is 22.2. The molecule has 0 spiro atoms. The third kappa shape index (κ3) is 20.9. The van der Waals surface area contributed by atoms with Crippen LogP contribution in [0.2, 0.25) is 0 Å². The Hall–Kier alpha value is -7.84. The first kappa shape index (κ1) is 59.7. The second kappa shape index (κ2) is 31.0. The number of H-pyrrole nitrogens is 1. The minimum atomic E-state index is -1.65. The summed E-state index contributed by atoms with van der Waals surface area (Å²) in [5.41, 5.74) is 35.8. The van der Waals surface area contributed by atoms with Crippen LogP contribution in [-0.2, 0) is 51.2 Å². The number of para-hydroxylation sites is 1. The Morgan fingerprint density at radius 3 is 2.08 bits per heavy atom. The fourth-order valence-corrected chi connectivity index (χ4v) is 8.39. The SMILES string of the molecule is CC(=O)NC(CCCN=C(N)N)C(=O)NC1CCC(=O)NCCCC(C(N)=O)NC(=O)C(Cc2c[nH]c3ccccc23)NC(O)C(CCCN=C(N)N)NC(=O)C(Cc2ccccc2)NC(=O)C(CCCN)NC1=O. The van der Waals surface area contributed by atoms with Gasteiger partial charge in [0.05, 0.1) is 12.1 Å². The third-order valence-electron chi connectivity index (χ3n) is 12.3. The summed E-state index contributed by atoms with van der Waals surface area (Å²) in [6.07, 6.45) is 0.308. The van der Waals surface area contributed by atoms with Gasteiger partial charge in [-0.1, -0.05) is 48.5 Å². The van der Waals surface area contributed by atoms with Crippen LogP contribution < -0.4 is 76.9 Å². The van der Waals surface area contributed by atoms with Crippen molar-refractivity contribution in [3.05, 3.63) is 71.9 Å². The first-order chi connectivity index (χ1) is 35.8. The predicted molar refractivity (Wildman–Crippen MR) is 281 cm³/mol. The summed E-state index contributed by atoms with van der Waals surface area (Å²) >= 11 is 0. The molecule has 8 unspecified atom stereocenters. The number of hydrogen-bond acceptors (Lipinski definition) is 13. The predicted octanol–water partition coefficient (Wildman–Crippen LogP) is -3.82. The maximum absolute atomic E-state index is 14.7. The van der Waals surface area contributed by atoms with Gasteiger partial charge in [0.15, 0.2) is 11.9 Å². The summed E-state index contributed by atoms with van der Waals surface area (Å²) in [5, 5.41) is 34.7. The van der Waals surface area contributed by atoms with Crippen molar-refractivity contribution >= 4 is 70.1 Å². The van der Waals surface area contributed by atoms with Crippen LogP contribution >= 0.6 is 0 Å². The standard InChI is InChI=1S/C49H75N17O9/c1-28(67)60-34(17-9-23-57-48(52)53)42(70)64-37-19-20-40(68)56-22-8-16-33(41(51)69)61-47(75)39(26-30-27-59-32-14-6-5-13-31(30)32)66-44(72)36(18-10-24-58-49(54)55)63-46(74)38(25-29-11-3-2-4-12-29)65-43(71)35(15-7-21-50)62-45(37)73/h2-6,11-14,27,33-39,44,59,66,72H,7-10,15-26,50H2,1H3,(H2,51,69)(H,56,68)(H,60,67)(H,61,75)(H,62,73)(H,63,74)(H,64,70)(H,65,71)(H4,52,53,57)(H4,54,55,58). The van der Waals surface area contributed by atoms with Gasteiger partial charge in [-0.15, -0.1) is 0 Å². The Kier molecular flexibility index (Phi) is 24.7.